The Balaban J connectivity index is 2.20. The maximum Gasteiger partial charge on any atom is 0.309 e. The Labute approximate surface area is 81.8 Å². The van der Waals surface area contributed by atoms with Crippen LogP contribution >= 0.6 is 15.9 Å². The number of carbonyl (C=O) groups excluding carboxylic acids is 1. The van der Waals surface area contributed by atoms with E-state index in [0.29, 0.717) is 12.5 Å². The molecule has 0 N–H and O–H groups in total. The summed E-state index contributed by atoms with van der Waals surface area (Å²) in [6.45, 7) is 6.49. The zero-order valence-electron chi connectivity index (χ0n) is 7.76. The van der Waals surface area contributed by atoms with Crippen molar-refractivity contribution in [1.29, 1.82) is 0 Å². The van der Waals surface area contributed by atoms with E-state index in [4.69, 9.17) is 4.74 Å². The van der Waals surface area contributed by atoms with E-state index < -0.39 is 0 Å². The van der Waals surface area contributed by atoms with Crippen LogP contribution in [-0.2, 0) is 9.53 Å². The third kappa shape index (κ3) is 3.13. The number of ether oxygens (including phenoxy) is 1. The van der Waals surface area contributed by atoms with Gasteiger partial charge in [0.05, 0.1) is 10.2 Å². The summed E-state index contributed by atoms with van der Waals surface area (Å²) in [4.78, 5) is 11.2. The van der Waals surface area contributed by atoms with E-state index in [-0.39, 0.29) is 16.2 Å². The molecule has 70 valence electrons. The highest BCUT2D eigenvalue weighted by Gasteiger charge is 2.40. The molecule has 0 aliphatic heterocycles. The Morgan fingerprint density at radius 1 is 1.67 bits per heavy atom. The van der Waals surface area contributed by atoms with Crippen molar-refractivity contribution in [3.8, 4) is 0 Å². The minimum atomic E-state index is -0.0964. The first-order chi connectivity index (χ1) is 5.40. The summed E-state index contributed by atoms with van der Waals surface area (Å²) < 4.78 is 5.02. The average Bonchev–Trinajstić information content (AvgIpc) is 2.60. The fourth-order valence-corrected chi connectivity index (χ4v) is 1.11. The van der Waals surface area contributed by atoms with E-state index in [1.807, 2.05) is 13.8 Å². The molecule has 1 rings (SSSR count). The van der Waals surface area contributed by atoms with E-state index in [2.05, 4.69) is 22.9 Å². The zero-order valence-corrected chi connectivity index (χ0v) is 9.35. The molecule has 1 aliphatic rings. The van der Waals surface area contributed by atoms with Gasteiger partial charge in [0.25, 0.3) is 0 Å². The highest BCUT2D eigenvalue weighted by molar-refractivity contribution is 9.10. The van der Waals surface area contributed by atoms with Gasteiger partial charge in [0.1, 0.15) is 6.61 Å². The van der Waals surface area contributed by atoms with Crippen LogP contribution in [0.15, 0.2) is 0 Å². The second-order valence-corrected chi connectivity index (χ2v) is 6.29. The standard InChI is InChI=1S/C9H15BrO2/c1-6-4-7(6)8(11)12-5-9(2,3)10/h6-7H,4-5H2,1-3H3. The molecule has 3 heteroatoms. The largest absolute Gasteiger partial charge is 0.464 e. The van der Waals surface area contributed by atoms with Gasteiger partial charge in [-0.1, -0.05) is 22.9 Å². The Morgan fingerprint density at radius 3 is 2.50 bits per heavy atom. The summed E-state index contributed by atoms with van der Waals surface area (Å²) >= 11 is 3.41. The van der Waals surface area contributed by atoms with Gasteiger partial charge in [0.2, 0.25) is 0 Å². The van der Waals surface area contributed by atoms with Gasteiger partial charge >= 0.3 is 5.97 Å². The molecular weight excluding hydrogens is 220 g/mol. The van der Waals surface area contributed by atoms with Crippen molar-refractivity contribution in [1.82, 2.24) is 0 Å². The number of carbonyl (C=O) groups is 1. The highest BCUT2D eigenvalue weighted by atomic mass is 79.9. The Hall–Kier alpha value is -0.0500. The molecule has 12 heavy (non-hydrogen) atoms. The van der Waals surface area contributed by atoms with Crippen molar-refractivity contribution in [3.05, 3.63) is 0 Å². The maximum atomic E-state index is 11.2. The van der Waals surface area contributed by atoms with Crippen molar-refractivity contribution in [2.24, 2.45) is 11.8 Å². The lowest BCUT2D eigenvalue weighted by atomic mass is 10.2. The Morgan fingerprint density at radius 2 is 2.17 bits per heavy atom. The second kappa shape index (κ2) is 3.36. The van der Waals surface area contributed by atoms with Crippen LogP contribution in [0.25, 0.3) is 0 Å². The molecule has 0 radical (unpaired) electrons. The molecule has 2 unspecified atom stereocenters. The van der Waals surface area contributed by atoms with E-state index in [1.165, 1.54) is 0 Å². The van der Waals surface area contributed by atoms with Gasteiger partial charge in [0.15, 0.2) is 0 Å². The lowest BCUT2D eigenvalue weighted by Crippen LogP contribution is -2.22. The highest BCUT2D eigenvalue weighted by Crippen LogP contribution is 2.38. The quantitative estimate of drug-likeness (QED) is 0.554. The van der Waals surface area contributed by atoms with Crippen LogP contribution in [0, 0.1) is 11.8 Å². The Bertz CT molecular complexity index is 183. The predicted molar refractivity (Wildman–Crippen MR) is 51.2 cm³/mol. The van der Waals surface area contributed by atoms with Crippen molar-refractivity contribution >= 4 is 21.9 Å². The third-order valence-electron chi connectivity index (χ3n) is 1.97. The molecular formula is C9H15BrO2. The van der Waals surface area contributed by atoms with Crippen molar-refractivity contribution in [2.45, 2.75) is 31.5 Å². The topological polar surface area (TPSA) is 26.3 Å². The summed E-state index contributed by atoms with van der Waals surface area (Å²) in [5.74, 6) is 0.686. The zero-order chi connectivity index (χ0) is 9.35. The molecule has 2 atom stereocenters. The van der Waals surface area contributed by atoms with Crippen LogP contribution < -0.4 is 0 Å². The third-order valence-corrected chi connectivity index (χ3v) is 2.20. The first-order valence-corrected chi connectivity index (χ1v) is 5.05. The summed E-state index contributed by atoms with van der Waals surface area (Å²) in [7, 11) is 0. The SMILES string of the molecule is CC1CC1C(=O)OCC(C)(C)Br. The molecule has 1 aliphatic carbocycles. The first-order valence-electron chi connectivity index (χ1n) is 4.26. The Kier molecular flexibility index (Phi) is 2.81. The fourth-order valence-electron chi connectivity index (χ4n) is 1.00. The smallest absolute Gasteiger partial charge is 0.309 e. The van der Waals surface area contributed by atoms with E-state index in [1.54, 1.807) is 0 Å². The van der Waals surface area contributed by atoms with E-state index in [0.717, 1.165) is 6.42 Å². The summed E-state index contributed by atoms with van der Waals surface area (Å²) in [6.07, 6.45) is 1.00. The summed E-state index contributed by atoms with van der Waals surface area (Å²) in [5, 5.41) is 0. The summed E-state index contributed by atoms with van der Waals surface area (Å²) in [6, 6.07) is 0. The van der Waals surface area contributed by atoms with Gasteiger partial charge in [-0.05, 0) is 26.2 Å². The predicted octanol–water partition coefficient (Wildman–Crippen LogP) is 2.36. The molecule has 0 bridgehead atoms. The van der Waals surface area contributed by atoms with Gasteiger partial charge in [-0.15, -0.1) is 0 Å². The molecule has 0 aromatic heterocycles. The molecule has 0 aromatic rings. The van der Waals surface area contributed by atoms with Gasteiger partial charge < -0.3 is 4.74 Å². The lowest BCUT2D eigenvalue weighted by Gasteiger charge is -2.15. The normalized spacial score (nSPS) is 28.3. The average molecular weight is 235 g/mol. The molecule has 0 amide bonds. The monoisotopic (exact) mass is 234 g/mol. The number of alkyl halides is 1. The molecule has 0 saturated heterocycles. The molecule has 2 nitrogen and oxygen atoms in total. The minimum absolute atomic E-state index is 0.0324. The fraction of sp³-hybridized carbons (Fsp3) is 0.889. The molecule has 0 heterocycles. The van der Waals surface area contributed by atoms with Crippen molar-refractivity contribution in [3.63, 3.8) is 0 Å². The van der Waals surface area contributed by atoms with Gasteiger partial charge in [-0.3, -0.25) is 4.79 Å². The number of halogens is 1. The molecule has 0 spiro atoms. The van der Waals surface area contributed by atoms with Crippen molar-refractivity contribution in [2.75, 3.05) is 6.61 Å². The lowest BCUT2D eigenvalue weighted by molar-refractivity contribution is -0.146. The van der Waals surface area contributed by atoms with E-state index in [9.17, 15) is 4.79 Å². The summed E-state index contributed by atoms with van der Waals surface area (Å²) in [5.41, 5.74) is 0. The molecule has 0 aromatic carbocycles. The van der Waals surface area contributed by atoms with Gasteiger partial charge in [-0.25, -0.2) is 0 Å². The molecule has 1 fully saturated rings. The van der Waals surface area contributed by atoms with Gasteiger partial charge in [0, 0.05) is 0 Å². The number of esters is 1. The van der Waals surface area contributed by atoms with Crippen LogP contribution in [-0.4, -0.2) is 16.9 Å². The maximum absolute atomic E-state index is 11.2. The number of rotatable bonds is 3. The van der Waals surface area contributed by atoms with E-state index >= 15 is 0 Å². The van der Waals surface area contributed by atoms with Crippen LogP contribution in [0.3, 0.4) is 0 Å². The van der Waals surface area contributed by atoms with Crippen molar-refractivity contribution < 1.29 is 9.53 Å². The van der Waals surface area contributed by atoms with Crippen LogP contribution in [0.2, 0.25) is 0 Å². The second-order valence-electron chi connectivity index (χ2n) is 4.15. The van der Waals surface area contributed by atoms with Gasteiger partial charge in [-0.2, -0.15) is 0 Å². The molecule has 1 saturated carbocycles. The van der Waals surface area contributed by atoms with Crippen LogP contribution in [0.5, 0.6) is 0 Å². The first kappa shape index (κ1) is 10.0. The van der Waals surface area contributed by atoms with Crippen LogP contribution in [0.1, 0.15) is 27.2 Å². The number of hydrogen-bond donors (Lipinski definition) is 0. The number of hydrogen-bond acceptors (Lipinski definition) is 2. The van der Waals surface area contributed by atoms with Crippen LogP contribution in [0.4, 0.5) is 0 Å². The minimum Gasteiger partial charge on any atom is -0.464 e.